The van der Waals surface area contributed by atoms with Crippen LogP contribution in [0.3, 0.4) is 0 Å². The zero-order chi connectivity index (χ0) is 20.7. The molecule has 2 amide bonds. The molecule has 4 saturated carbocycles. The van der Waals surface area contributed by atoms with Crippen LogP contribution in [0.5, 0.6) is 0 Å². The van der Waals surface area contributed by atoms with Crippen LogP contribution >= 0.6 is 11.3 Å². The Morgan fingerprint density at radius 3 is 2.33 bits per heavy atom. The van der Waals surface area contributed by atoms with Crippen LogP contribution in [0.25, 0.3) is 0 Å². The fourth-order valence-corrected chi connectivity index (χ4v) is 7.23. The molecule has 0 saturated heterocycles. The van der Waals surface area contributed by atoms with Gasteiger partial charge in [0.1, 0.15) is 5.01 Å². The van der Waals surface area contributed by atoms with Gasteiger partial charge in [-0.1, -0.05) is 29.5 Å². The number of rotatable bonds is 6. The number of nitrogens with zero attached hydrogens (tertiary/aromatic N) is 2. The molecule has 30 heavy (non-hydrogen) atoms. The number of hydrogen-bond donors (Lipinski definition) is 2. The standard InChI is InChI=1S/C23H28N4O2S/c1-14(24-20(29)18-5-3-2-4-6-18)7-19(28)25-22-27-26-21(30-22)23-11-15-8-16(12-23)10-17(9-15)13-23/h2-6,14-17H,7-13H2,1H3,(H,24,29)(H,25,27,28). The highest BCUT2D eigenvalue weighted by Crippen LogP contribution is 2.61. The summed E-state index contributed by atoms with van der Waals surface area (Å²) in [6.07, 6.45) is 8.11. The summed E-state index contributed by atoms with van der Waals surface area (Å²) in [5.74, 6) is 2.24. The van der Waals surface area contributed by atoms with E-state index in [-0.39, 0.29) is 29.7 Å². The summed E-state index contributed by atoms with van der Waals surface area (Å²) in [6, 6.07) is 8.76. The second-order valence-corrected chi connectivity index (χ2v) is 10.6. The van der Waals surface area contributed by atoms with E-state index in [0.717, 1.165) is 22.8 Å². The van der Waals surface area contributed by atoms with E-state index in [1.54, 1.807) is 23.5 Å². The lowest BCUT2D eigenvalue weighted by Gasteiger charge is -2.55. The Morgan fingerprint density at radius 2 is 1.70 bits per heavy atom. The van der Waals surface area contributed by atoms with Crippen LogP contribution < -0.4 is 10.6 Å². The molecule has 1 atom stereocenters. The first-order chi connectivity index (χ1) is 14.5. The average Bonchev–Trinajstić information content (AvgIpc) is 3.16. The second kappa shape index (κ2) is 7.76. The summed E-state index contributed by atoms with van der Waals surface area (Å²) in [5.41, 5.74) is 0.792. The molecule has 1 aromatic heterocycles. The van der Waals surface area contributed by atoms with Crippen LogP contribution in [-0.4, -0.2) is 28.1 Å². The SMILES string of the molecule is CC(CC(=O)Nc1nnc(C23CC4CC(CC(C4)C2)C3)s1)NC(=O)c1ccccc1. The molecule has 4 bridgehead atoms. The predicted molar refractivity (Wildman–Crippen MR) is 116 cm³/mol. The summed E-state index contributed by atoms with van der Waals surface area (Å²) < 4.78 is 0. The molecule has 6 nitrogen and oxygen atoms in total. The maximum Gasteiger partial charge on any atom is 0.251 e. The van der Waals surface area contributed by atoms with Crippen LogP contribution in [0.1, 0.15) is 67.2 Å². The van der Waals surface area contributed by atoms with Gasteiger partial charge in [-0.15, -0.1) is 10.2 Å². The number of nitrogens with one attached hydrogen (secondary N) is 2. The third-order valence-electron chi connectivity index (χ3n) is 7.07. The molecule has 0 aliphatic heterocycles. The molecule has 2 N–H and O–H groups in total. The van der Waals surface area contributed by atoms with Gasteiger partial charge in [-0.25, -0.2) is 0 Å². The number of amides is 2. The van der Waals surface area contributed by atoms with Gasteiger partial charge in [0.25, 0.3) is 5.91 Å². The largest absolute Gasteiger partial charge is 0.349 e. The van der Waals surface area contributed by atoms with E-state index >= 15 is 0 Å². The molecule has 0 radical (unpaired) electrons. The molecule has 158 valence electrons. The fourth-order valence-electron chi connectivity index (χ4n) is 6.26. The number of carbonyl (C=O) groups is 2. The molecule has 7 heteroatoms. The van der Waals surface area contributed by atoms with Gasteiger partial charge in [-0.2, -0.15) is 0 Å². The molecule has 0 spiro atoms. The van der Waals surface area contributed by atoms with Crippen molar-refractivity contribution in [3.8, 4) is 0 Å². The van der Waals surface area contributed by atoms with Crippen molar-refractivity contribution >= 4 is 28.3 Å². The Balaban J connectivity index is 1.18. The Hall–Kier alpha value is -2.28. The molecular weight excluding hydrogens is 396 g/mol. The number of benzene rings is 1. The third-order valence-corrected chi connectivity index (χ3v) is 8.15. The minimum absolute atomic E-state index is 0.149. The Labute approximate surface area is 180 Å². The van der Waals surface area contributed by atoms with Crippen LogP contribution in [0.2, 0.25) is 0 Å². The van der Waals surface area contributed by atoms with Crippen LogP contribution in [0, 0.1) is 17.8 Å². The number of aromatic nitrogens is 2. The maximum absolute atomic E-state index is 12.5. The first-order valence-corrected chi connectivity index (χ1v) is 11.8. The quantitative estimate of drug-likeness (QED) is 0.730. The van der Waals surface area contributed by atoms with Gasteiger partial charge < -0.3 is 10.6 Å². The maximum atomic E-state index is 12.5. The Morgan fingerprint density at radius 1 is 1.07 bits per heavy atom. The van der Waals surface area contributed by atoms with E-state index in [1.807, 2.05) is 25.1 Å². The molecule has 2 aromatic rings. The van der Waals surface area contributed by atoms with E-state index < -0.39 is 0 Å². The van der Waals surface area contributed by atoms with Gasteiger partial charge in [0.15, 0.2) is 0 Å². The van der Waals surface area contributed by atoms with Gasteiger partial charge in [-0.3, -0.25) is 9.59 Å². The minimum Gasteiger partial charge on any atom is -0.349 e. The molecule has 6 rings (SSSR count). The van der Waals surface area contributed by atoms with Crippen molar-refractivity contribution in [2.75, 3.05) is 5.32 Å². The van der Waals surface area contributed by atoms with E-state index in [0.29, 0.717) is 10.7 Å². The monoisotopic (exact) mass is 424 g/mol. The van der Waals surface area contributed by atoms with Crippen molar-refractivity contribution in [1.82, 2.24) is 15.5 Å². The van der Waals surface area contributed by atoms with E-state index in [9.17, 15) is 9.59 Å². The van der Waals surface area contributed by atoms with Gasteiger partial charge in [0, 0.05) is 23.4 Å². The van der Waals surface area contributed by atoms with Crippen molar-refractivity contribution in [3.05, 3.63) is 40.9 Å². The van der Waals surface area contributed by atoms with Gasteiger partial charge in [-0.05, 0) is 75.3 Å². The first kappa shape index (κ1) is 19.7. The predicted octanol–water partition coefficient (Wildman–Crippen LogP) is 4.15. The summed E-state index contributed by atoms with van der Waals surface area (Å²) in [5, 5.41) is 16.2. The van der Waals surface area contributed by atoms with E-state index in [4.69, 9.17) is 0 Å². The lowest BCUT2D eigenvalue weighted by molar-refractivity contribution is -0.116. The van der Waals surface area contributed by atoms with Crippen molar-refractivity contribution in [2.45, 2.75) is 63.3 Å². The first-order valence-electron chi connectivity index (χ1n) is 11.0. The molecule has 4 fully saturated rings. The van der Waals surface area contributed by atoms with Crippen LogP contribution in [0.4, 0.5) is 5.13 Å². The lowest BCUT2D eigenvalue weighted by atomic mass is 9.50. The van der Waals surface area contributed by atoms with E-state index in [1.165, 1.54) is 38.5 Å². The van der Waals surface area contributed by atoms with Crippen LogP contribution in [-0.2, 0) is 10.2 Å². The third kappa shape index (κ3) is 3.87. The Bertz CT molecular complexity index is 906. The van der Waals surface area contributed by atoms with Crippen LogP contribution in [0.15, 0.2) is 30.3 Å². The van der Waals surface area contributed by atoms with Crippen molar-refractivity contribution in [1.29, 1.82) is 0 Å². The fraction of sp³-hybridized carbons (Fsp3) is 0.565. The van der Waals surface area contributed by atoms with Gasteiger partial charge >= 0.3 is 0 Å². The molecule has 1 aromatic carbocycles. The lowest BCUT2D eigenvalue weighted by Crippen LogP contribution is -2.48. The molecule has 1 heterocycles. The summed E-state index contributed by atoms with van der Waals surface area (Å²) >= 11 is 1.55. The molecule has 4 aliphatic carbocycles. The highest BCUT2D eigenvalue weighted by atomic mass is 32.1. The number of hydrogen-bond acceptors (Lipinski definition) is 5. The summed E-state index contributed by atoms with van der Waals surface area (Å²) in [4.78, 5) is 24.7. The molecule has 1 unspecified atom stereocenters. The highest BCUT2D eigenvalue weighted by molar-refractivity contribution is 7.15. The van der Waals surface area contributed by atoms with Crippen molar-refractivity contribution in [2.24, 2.45) is 17.8 Å². The summed E-state index contributed by atoms with van der Waals surface area (Å²) in [6.45, 7) is 1.83. The normalized spacial score (nSPS) is 30.1. The smallest absolute Gasteiger partial charge is 0.251 e. The molecule has 4 aliphatic rings. The minimum atomic E-state index is -0.270. The zero-order valence-corrected chi connectivity index (χ0v) is 18.1. The molecular formula is C23H28N4O2S. The number of anilines is 1. The number of carbonyl (C=O) groups excluding carboxylic acids is 2. The summed E-state index contributed by atoms with van der Waals surface area (Å²) in [7, 11) is 0. The van der Waals surface area contributed by atoms with Crippen molar-refractivity contribution < 1.29 is 9.59 Å². The second-order valence-electron chi connectivity index (χ2n) is 9.60. The average molecular weight is 425 g/mol. The zero-order valence-electron chi connectivity index (χ0n) is 17.3. The van der Waals surface area contributed by atoms with Crippen molar-refractivity contribution in [3.63, 3.8) is 0 Å². The topological polar surface area (TPSA) is 84.0 Å². The van der Waals surface area contributed by atoms with Gasteiger partial charge in [0.2, 0.25) is 11.0 Å². The Kier molecular flexibility index (Phi) is 5.09. The highest BCUT2D eigenvalue weighted by Gasteiger charge is 2.53. The van der Waals surface area contributed by atoms with Gasteiger partial charge in [0.05, 0.1) is 0 Å². The van der Waals surface area contributed by atoms with E-state index in [2.05, 4.69) is 20.8 Å².